The molecule has 1 fully saturated rings. The molecule has 0 atom stereocenters. The zero-order valence-electron chi connectivity index (χ0n) is 15.5. The fourth-order valence-electron chi connectivity index (χ4n) is 2.91. The van der Waals surface area contributed by atoms with Crippen molar-refractivity contribution in [3.05, 3.63) is 34.9 Å². The highest BCUT2D eigenvalue weighted by atomic mass is 35.5. The van der Waals surface area contributed by atoms with E-state index in [4.69, 9.17) is 21.3 Å². The van der Waals surface area contributed by atoms with Crippen LogP contribution in [0.25, 0.3) is 0 Å². The summed E-state index contributed by atoms with van der Waals surface area (Å²) in [5, 5.41) is 4.15. The van der Waals surface area contributed by atoms with Crippen molar-refractivity contribution in [3.63, 3.8) is 0 Å². The number of halogens is 1. The van der Waals surface area contributed by atoms with Gasteiger partial charge >= 0.3 is 0 Å². The highest BCUT2D eigenvalue weighted by molar-refractivity contribution is 6.30. The van der Waals surface area contributed by atoms with Gasteiger partial charge in [0.15, 0.2) is 5.96 Å². The Balaban J connectivity index is 1.76. The van der Waals surface area contributed by atoms with Crippen molar-refractivity contribution in [3.8, 4) is 0 Å². The van der Waals surface area contributed by atoms with E-state index in [1.807, 2.05) is 18.2 Å². The molecule has 0 radical (unpaired) electrons. The Bertz CT molecular complexity index is 532. The average Bonchev–Trinajstić information content (AvgIpc) is 2.61. The third-order valence-corrected chi connectivity index (χ3v) is 4.49. The normalized spacial score (nSPS) is 16.0. The van der Waals surface area contributed by atoms with Crippen LogP contribution in [0.2, 0.25) is 5.02 Å². The molecule has 1 aliphatic heterocycles. The Morgan fingerprint density at radius 2 is 2.12 bits per heavy atom. The van der Waals surface area contributed by atoms with Gasteiger partial charge in [-0.1, -0.05) is 23.7 Å². The molecule has 140 valence electrons. The van der Waals surface area contributed by atoms with Gasteiger partial charge in [-0.2, -0.15) is 0 Å². The fraction of sp³-hybridized carbons (Fsp3) is 0.632. The molecule has 0 amide bonds. The van der Waals surface area contributed by atoms with Crippen molar-refractivity contribution in [1.29, 1.82) is 0 Å². The molecular weight excluding hydrogens is 336 g/mol. The Kier molecular flexibility index (Phi) is 9.08. The number of aliphatic imine (C=N–C) groups is 1. The van der Waals surface area contributed by atoms with E-state index in [9.17, 15) is 0 Å². The molecule has 1 saturated heterocycles. The molecule has 2 rings (SSSR count). The van der Waals surface area contributed by atoms with E-state index >= 15 is 0 Å². The van der Waals surface area contributed by atoms with Gasteiger partial charge in [-0.25, -0.2) is 0 Å². The van der Waals surface area contributed by atoms with E-state index in [-0.39, 0.29) is 0 Å². The minimum absolute atomic E-state index is 0.774. The summed E-state index contributed by atoms with van der Waals surface area (Å²) in [6.45, 7) is 9.63. The summed E-state index contributed by atoms with van der Waals surface area (Å²) < 4.78 is 5.38. The molecule has 0 aromatic heterocycles. The van der Waals surface area contributed by atoms with Crippen LogP contribution < -0.4 is 5.32 Å². The first kappa shape index (κ1) is 20.0. The number of rotatable bonds is 8. The van der Waals surface area contributed by atoms with E-state index < -0.39 is 0 Å². The number of nitrogens with one attached hydrogen (secondary N) is 1. The van der Waals surface area contributed by atoms with Gasteiger partial charge in [0.2, 0.25) is 0 Å². The lowest BCUT2D eigenvalue weighted by Gasteiger charge is -2.26. The molecule has 1 aromatic carbocycles. The van der Waals surface area contributed by atoms with E-state index in [1.54, 1.807) is 0 Å². The molecule has 1 aliphatic rings. The first-order valence-electron chi connectivity index (χ1n) is 9.23. The maximum absolute atomic E-state index is 6.08. The minimum atomic E-state index is 0.774. The van der Waals surface area contributed by atoms with Gasteiger partial charge in [0, 0.05) is 44.8 Å². The van der Waals surface area contributed by atoms with Crippen LogP contribution in [0.3, 0.4) is 0 Å². The van der Waals surface area contributed by atoms with E-state index in [0.29, 0.717) is 0 Å². The van der Waals surface area contributed by atoms with Crippen molar-refractivity contribution >= 4 is 17.6 Å². The summed E-state index contributed by atoms with van der Waals surface area (Å²) in [5.74, 6) is 0.953. The Morgan fingerprint density at radius 1 is 1.32 bits per heavy atom. The first-order chi connectivity index (χ1) is 12.2. The maximum atomic E-state index is 6.08. The summed E-state index contributed by atoms with van der Waals surface area (Å²) in [7, 11) is 2.07. The molecule has 0 spiro atoms. The molecule has 0 saturated carbocycles. The largest absolute Gasteiger partial charge is 0.379 e. The first-order valence-corrected chi connectivity index (χ1v) is 9.61. The highest BCUT2D eigenvalue weighted by Crippen LogP contribution is 2.12. The van der Waals surface area contributed by atoms with Gasteiger partial charge in [0.1, 0.15) is 0 Å². The zero-order chi connectivity index (χ0) is 17.9. The average molecular weight is 367 g/mol. The third kappa shape index (κ3) is 7.63. The predicted molar refractivity (Wildman–Crippen MR) is 105 cm³/mol. The van der Waals surface area contributed by atoms with Crippen molar-refractivity contribution in [1.82, 2.24) is 15.1 Å². The van der Waals surface area contributed by atoms with Crippen LogP contribution in [0.15, 0.2) is 29.3 Å². The summed E-state index contributed by atoms with van der Waals surface area (Å²) in [4.78, 5) is 9.40. The van der Waals surface area contributed by atoms with Gasteiger partial charge in [-0.3, -0.25) is 9.89 Å². The summed E-state index contributed by atoms with van der Waals surface area (Å²) in [6, 6.07) is 7.98. The summed E-state index contributed by atoms with van der Waals surface area (Å²) >= 11 is 6.08. The molecule has 25 heavy (non-hydrogen) atoms. The fourth-order valence-corrected chi connectivity index (χ4v) is 3.12. The molecule has 5 nitrogen and oxygen atoms in total. The van der Waals surface area contributed by atoms with Crippen LogP contribution >= 0.6 is 11.6 Å². The van der Waals surface area contributed by atoms with Gasteiger partial charge in [-0.05, 0) is 44.0 Å². The van der Waals surface area contributed by atoms with Crippen molar-refractivity contribution < 1.29 is 4.74 Å². The lowest BCUT2D eigenvalue weighted by atomic mass is 10.2. The van der Waals surface area contributed by atoms with Crippen LogP contribution in [0.5, 0.6) is 0 Å². The quantitative estimate of drug-likeness (QED) is 0.436. The number of nitrogens with zero attached hydrogens (tertiary/aromatic N) is 3. The molecule has 0 unspecified atom stereocenters. The molecule has 6 heteroatoms. The second-order valence-corrected chi connectivity index (χ2v) is 6.82. The lowest BCUT2D eigenvalue weighted by Crippen LogP contribution is -2.38. The van der Waals surface area contributed by atoms with Crippen molar-refractivity contribution in [2.24, 2.45) is 4.99 Å². The highest BCUT2D eigenvalue weighted by Gasteiger charge is 2.09. The molecular formula is C19H31ClN4O. The topological polar surface area (TPSA) is 40.1 Å². The summed E-state index contributed by atoms with van der Waals surface area (Å²) in [5.41, 5.74) is 1.19. The van der Waals surface area contributed by atoms with Gasteiger partial charge in [0.05, 0.1) is 13.2 Å². The number of guanidine groups is 1. The molecule has 0 aliphatic carbocycles. The molecule has 0 bridgehead atoms. The predicted octanol–water partition coefficient (Wildman–Crippen LogP) is 2.85. The van der Waals surface area contributed by atoms with E-state index in [1.165, 1.54) is 12.0 Å². The van der Waals surface area contributed by atoms with Crippen LogP contribution in [-0.4, -0.2) is 68.7 Å². The second kappa shape index (κ2) is 11.3. The second-order valence-electron chi connectivity index (χ2n) is 6.38. The lowest BCUT2D eigenvalue weighted by molar-refractivity contribution is 0.0373. The van der Waals surface area contributed by atoms with Crippen LogP contribution in [-0.2, 0) is 11.3 Å². The van der Waals surface area contributed by atoms with Gasteiger partial charge in [0.25, 0.3) is 0 Å². The monoisotopic (exact) mass is 366 g/mol. The van der Waals surface area contributed by atoms with E-state index in [2.05, 4.69) is 35.2 Å². The minimum Gasteiger partial charge on any atom is -0.379 e. The number of unbranched alkanes of at least 4 members (excludes halogenated alkanes) is 1. The zero-order valence-corrected chi connectivity index (χ0v) is 16.3. The molecule has 1 heterocycles. The Labute approximate surface area is 157 Å². The smallest absolute Gasteiger partial charge is 0.193 e. The summed E-state index contributed by atoms with van der Waals surface area (Å²) in [6.07, 6.45) is 2.29. The molecule has 1 aromatic rings. The maximum Gasteiger partial charge on any atom is 0.193 e. The molecule has 1 N–H and O–H groups in total. The Hall–Kier alpha value is -1.30. The van der Waals surface area contributed by atoms with Crippen LogP contribution in [0.4, 0.5) is 0 Å². The van der Waals surface area contributed by atoms with Crippen LogP contribution in [0, 0.1) is 0 Å². The SMILES string of the molecule is CCNC(=NCCCCN1CCOCC1)N(C)Cc1cccc(Cl)c1. The number of hydrogen-bond donors (Lipinski definition) is 1. The van der Waals surface area contributed by atoms with Crippen molar-refractivity contribution in [2.45, 2.75) is 26.3 Å². The Morgan fingerprint density at radius 3 is 2.84 bits per heavy atom. The third-order valence-electron chi connectivity index (χ3n) is 4.25. The van der Waals surface area contributed by atoms with Crippen LogP contribution in [0.1, 0.15) is 25.3 Å². The number of morpholine rings is 1. The van der Waals surface area contributed by atoms with Crippen molar-refractivity contribution in [2.75, 3.05) is 53.0 Å². The standard InChI is InChI=1S/C19H31ClN4O/c1-3-21-19(23(2)16-17-7-6-8-18(20)15-17)22-9-4-5-10-24-11-13-25-14-12-24/h6-8,15H,3-5,9-14,16H2,1-2H3,(H,21,22). The number of benzene rings is 1. The number of hydrogen-bond acceptors (Lipinski definition) is 3. The van der Waals surface area contributed by atoms with E-state index in [0.717, 1.165) is 69.9 Å². The van der Waals surface area contributed by atoms with Gasteiger partial charge in [-0.15, -0.1) is 0 Å². The number of ether oxygens (including phenoxy) is 1. The van der Waals surface area contributed by atoms with Gasteiger partial charge < -0.3 is 15.0 Å².